The van der Waals surface area contributed by atoms with E-state index in [0.29, 0.717) is 0 Å². The number of rotatable bonds is 3. The molecule has 0 aliphatic carbocycles. The molecule has 0 radical (unpaired) electrons. The molecule has 0 N–H and O–H groups in total. The maximum atomic E-state index is 4.17. The topological polar surface area (TPSA) is 3.24 Å². The number of anilines is 1. The first-order valence-electron chi connectivity index (χ1n) is 3.31. The molecule has 0 aliphatic heterocycles. The highest BCUT2D eigenvalue weighted by molar-refractivity contribution is 9.11. The van der Waals surface area contributed by atoms with Crippen LogP contribution in [0.3, 0.4) is 0 Å². The molecule has 0 amide bonds. The lowest BCUT2D eigenvalue weighted by molar-refractivity contribution is 0.994. The average Bonchev–Trinajstić information content (AvgIpc) is 2.36. The van der Waals surface area contributed by atoms with Crippen LogP contribution in [0.4, 0.5) is 5.00 Å². The van der Waals surface area contributed by atoms with Crippen molar-refractivity contribution in [3.63, 3.8) is 0 Å². The molecular formula is C7H10BrNS2. The van der Waals surface area contributed by atoms with Crippen LogP contribution in [0.5, 0.6) is 0 Å². The van der Waals surface area contributed by atoms with Gasteiger partial charge in [-0.2, -0.15) is 12.6 Å². The number of halogens is 1. The number of nitrogens with zero attached hydrogens (tertiary/aromatic N) is 1. The third-order valence-electron chi connectivity index (χ3n) is 1.37. The smallest absolute Gasteiger partial charge is 0.0918 e. The largest absolute Gasteiger partial charge is 0.366 e. The Kier molecular flexibility index (Phi) is 3.75. The van der Waals surface area contributed by atoms with E-state index in [0.717, 1.165) is 12.3 Å². The second kappa shape index (κ2) is 4.38. The summed E-state index contributed by atoms with van der Waals surface area (Å²) in [5, 5.41) is 1.28. The molecule has 1 nitrogen and oxygen atoms in total. The standard InChI is InChI=1S/C7H10BrNS2/c1-9(4-5-10)7-3-2-6(8)11-7/h2-3,10H,4-5H2,1H3. The van der Waals surface area contributed by atoms with Gasteiger partial charge in [0.1, 0.15) is 0 Å². The van der Waals surface area contributed by atoms with Crippen molar-refractivity contribution in [3.8, 4) is 0 Å². The number of thiol groups is 1. The van der Waals surface area contributed by atoms with Gasteiger partial charge in [0.25, 0.3) is 0 Å². The van der Waals surface area contributed by atoms with Crippen molar-refractivity contribution in [1.82, 2.24) is 0 Å². The van der Waals surface area contributed by atoms with E-state index in [1.807, 2.05) is 0 Å². The molecule has 0 aliphatic rings. The molecule has 1 aromatic rings. The normalized spacial score (nSPS) is 10.1. The molecule has 1 rings (SSSR count). The maximum absolute atomic E-state index is 4.17. The summed E-state index contributed by atoms with van der Waals surface area (Å²) < 4.78 is 1.18. The van der Waals surface area contributed by atoms with Crippen molar-refractivity contribution in [2.45, 2.75) is 0 Å². The first-order valence-corrected chi connectivity index (χ1v) is 5.55. The molecule has 0 spiro atoms. The van der Waals surface area contributed by atoms with Gasteiger partial charge in [-0.3, -0.25) is 0 Å². The molecule has 4 heteroatoms. The quantitative estimate of drug-likeness (QED) is 0.809. The number of hydrogen-bond acceptors (Lipinski definition) is 3. The fourth-order valence-corrected chi connectivity index (χ4v) is 2.42. The Morgan fingerprint density at radius 1 is 1.64 bits per heavy atom. The molecule has 0 saturated carbocycles. The zero-order valence-electron chi connectivity index (χ0n) is 6.25. The summed E-state index contributed by atoms with van der Waals surface area (Å²) in [4.78, 5) is 2.20. The van der Waals surface area contributed by atoms with Gasteiger partial charge in [-0.25, -0.2) is 0 Å². The molecule has 1 heterocycles. The molecule has 0 saturated heterocycles. The van der Waals surface area contributed by atoms with Crippen LogP contribution in [-0.4, -0.2) is 19.3 Å². The predicted octanol–water partition coefficient (Wildman–Crippen LogP) is 2.88. The van der Waals surface area contributed by atoms with Crippen molar-refractivity contribution in [1.29, 1.82) is 0 Å². The lowest BCUT2D eigenvalue weighted by Gasteiger charge is -2.14. The molecule has 0 bridgehead atoms. The Bertz CT molecular complexity index is 224. The third kappa shape index (κ3) is 2.69. The molecular weight excluding hydrogens is 242 g/mol. The van der Waals surface area contributed by atoms with E-state index in [1.165, 1.54) is 8.79 Å². The first kappa shape index (κ1) is 9.42. The minimum atomic E-state index is 0.895. The minimum absolute atomic E-state index is 0.895. The number of thiophene rings is 1. The van der Waals surface area contributed by atoms with Gasteiger partial charge in [-0.15, -0.1) is 11.3 Å². The summed E-state index contributed by atoms with van der Waals surface area (Å²) in [6.45, 7) is 0.996. The Morgan fingerprint density at radius 3 is 2.82 bits per heavy atom. The average molecular weight is 252 g/mol. The van der Waals surface area contributed by atoms with Crippen molar-refractivity contribution >= 4 is 44.9 Å². The van der Waals surface area contributed by atoms with Crippen LogP contribution in [0.2, 0.25) is 0 Å². The molecule has 0 aromatic carbocycles. The van der Waals surface area contributed by atoms with Crippen LogP contribution in [-0.2, 0) is 0 Å². The SMILES string of the molecule is CN(CCS)c1ccc(Br)s1. The summed E-state index contributed by atoms with van der Waals surface area (Å²) in [5.74, 6) is 0.895. The van der Waals surface area contributed by atoms with Gasteiger partial charge in [0.2, 0.25) is 0 Å². The van der Waals surface area contributed by atoms with Crippen LogP contribution >= 0.6 is 39.9 Å². The van der Waals surface area contributed by atoms with Crippen molar-refractivity contribution in [2.75, 3.05) is 24.2 Å². The Morgan fingerprint density at radius 2 is 2.36 bits per heavy atom. The molecule has 1 aromatic heterocycles. The van der Waals surface area contributed by atoms with Crippen LogP contribution in [0.25, 0.3) is 0 Å². The zero-order valence-corrected chi connectivity index (χ0v) is 9.55. The number of hydrogen-bond donors (Lipinski definition) is 1. The molecule has 11 heavy (non-hydrogen) atoms. The summed E-state index contributed by atoms with van der Waals surface area (Å²) >= 11 is 9.34. The monoisotopic (exact) mass is 251 g/mol. The van der Waals surface area contributed by atoms with Crippen molar-refractivity contribution in [3.05, 3.63) is 15.9 Å². The van der Waals surface area contributed by atoms with Crippen molar-refractivity contribution < 1.29 is 0 Å². The van der Waals surface area contributed by atoms with Crippen LogP contribution in [0.1, 0.15) is 0 Å². The van der Waals surface area contributed by atoms with Crippen molar-refractivity contribution in [2.24, 2.45) is 0 Å². The van der Waals surface area contributed by atoms with Gasteiger partial charge >= 0.3 is 0 Å². The zero-order chi connectivity index (χ0) is 8.27. The highest BCUT2D eigenvalue weighted by Crippen LogP contribution is 2.28. The summed E-state index contributed by atoms with van der Waals surface area (Å²) in [6, 6.07) is 4.17. The Balaban J connectivity index is 2.60. The first-order chi connectivity index (χ1) is 5.24. The molecule has 0 atom stereocenters. The second-order valence-electron chi connectivity index (χ2n) is 2.22. The second-order valence-corrected chi connectivity index (χ2v) is 5.11. The third-order valence-corrected chi connectivity index (χ3v) is 3.31. The van der Waals surface area contributed by atoms with E-state index in [2.05, 4.69) is 52.6 Å². The van der Waals surface area contributed by atoms with E-state index < -0.39 is 0 Å². The lowest BCUT2D eigenvalue weighted by atomic mass is 10.5. The minimum Gasteiger partial charge on any atom is -0.366 e. The van der Waals surface area contributed by atoms with Gasteiger partial charge in [-0.05, 0) is 28.1 Å². The van der Waals surface area contributed by atoms with Crippen LogP contribution in [0.15, 0.2) is 15.9 Å². The van der Waals surface area contributed by atoms with Gasteiger partial charge in [0.15, 0.2) is 0 Å². The van der Waals surface area contributed by atoms with Crippen LogP contribution in [0, 0.1) is 0 Å². The summed E-state index contributed by atoms with van der Waals surface area (Å²) in [6.07, 6.45) is 0. The fraction of sp³-hybridized carbons (Fsp3) is 0.429. The van der Waals surface area contributed by atoms with Gasteiger partial charge in [0, 0.05) is 19.3 Å². The Hall–Kier alpha value is 0.330. The van der Waals surface area contributed by atoms with Crippen LogP contribution < -0.4 is 4.90 Å². The van der Waals surface area contributed by atoms with Gasteiger partial charge < -0.3 is 4.90 Å². The van der Waals surface area contributed by atoms with E-state index in [-0.39, 0.29) is 0 Å². The van der Waals surface area contributed by atoms with E-state index in [1.54, 1.807) is 11.3 Å². The fourth-order valence-electron chi connectivity index (χ4n) is 0.770. The highest BCUT2D eigenvalue weighted by Gasteiger charge is 2.01. The lowest BCUT2D eigenvalue weighted by Crippen LogP contribution is -2.17. The predicted molar refractivity (Wildman–Crippen MR) is 59.1 cm³/mol. The van der Waals surface area contributed by atoms with E-state index >= 15 is 0 Å². The van der Waals surface area contributed by atoms with Gasteiger partial charge in [0.05, 0.1) is 8.79 Å². The van der Waals surface area contributed by atoms with E-state index in [4.69, 9.17) is 0 Å². The molecule has 0 fully saturated rings. The highest BCUT2D eigenvalue weighted by atomic mass is 79.9. The molecule has 0 unspecified atom stereocenters. The maximum Gasteiger partial charge on any atom is 0.0918 e. The molecule has 62 valence electrons. The Labute approximate surface area is 84.9 Å². The van der Waals surface area contributed by atoms with E-state index in [9.17, 15) is 0 Å². The summed E-state index contributed by atoms with van der Waals surface area (Å²) in [7, 11) is 2.08. The summed E-state index contributed by atoms with van der Waals surface area (Å²) in [5.41, 5.74) is 0. The van der Waals surface area contributed by atoms with Gasteiger partial charge in [-0.1, -0.05) is 0 Å².